The van der Waals surface area contributed by atoms with Crippen molar-refractivity contribution in [2.24, 2.45) is 0 Å². The number of sulfonamides is 1. The van der Waals surface area contributed by atoms with E-state index in [2.05, 4.69) is 15.5 Å². The lowest BCUT2D eigenvalue weighted by Crippen LogP contribution is -2.56. The predicted molar refractivity (Wildman–Crippen MR) is 85.4 cm³/mol. The molecule has 0 amide bonds. The van der Waals surface area contributed by atoms with Crippen LogP contribution in [0.25, 0.3) is 6.08 Å². The fourth-order valence-corrected chi connectivity index (χ4v) is 3.42. The second kappa shape index (κ2) is 6.25. The van der Waals surface area contributed by atoms with Gasteiger partial charge in [0.05, 0.1) is 6.04 Å². The van der Waals surface area contributed by atoms with E-state index in [1.807, 2.05) is 30.3 Å². The molecule has 1 aromatic heterocycles. The van der Waals surface area contributed by atoms with Gasteiger partial charge in [-0.2, -0.15) is 9.40 Å². The van der Waals surface area contributed by atoms with Crippen LogP contribution >= 0.6 is 0 Å². The molecule has 1 aliphatic rings. The molecule has 7 heteroatoms. The normalized spacial score (nSPS) is 16.5. The molecule has 6 nitrogen and oxygen atoms in total. The molecule has 0 spiro atoms. The van der Waals surface area contributed by atoms with Gasteiger partial charge < -0.3 is 5.32 Å². The van der Waals surface area contributed by atoms with Crippen LogP contribution in [0.1, 0.15) is 5.56 Å². The number of benzene rings is 1. The number of hydrogen-bond acceptors (Lipinski definition) is 5. The first-order valence-electron chi connectivity index (χ1n) is 6.91. The summed E-state index contributed by atoms with van der Waals surface area (Å²) in [6, 6.07) is 13.0. The molecule has 1 saturated heterocycles. The summed E-state index contributed by atoms with van der Waals surface area (Å²) in [6.07, 6.45) is 3.20. The second-order valence-corrected chi connectivity index (χ2v) is 6.84. The minimum Gasteiger partial charge on any atom is -0.363 e. The highest BCUT2D eigenvalue weighted by molar-refractivity contribution is 7.92. The number of nitrogens with zero attached hydrogens (tertiary/aromatic N) is 3. The monoisotopic (exact) mass is 316 g/mol. The lowest BCUT2D eigenvalue weighted by Gasteiger charge is -2.37. The molecule has 3 rings (SSSR count). The van der Waals surface area contributed by atoms with E-state index < -0.39 is 10.0 Å². The largest absolute Gasteiger partial charge is 0.363 e. The third-order valence-corrected chi connectivity index (χ3v) is 4.86. The number of nitrogens with one attached hydrogen (secondary N) is 1. The zero-order chi connectivity index (χ0) is 15.4. The van der Waals surface area contributed by atoms with Crippen molar-refractivity contribution in [1.29, 1.82) is 0 Å². The Balaban J connectivity index is 1.56. The summed E-state index contributed by atoms with van der Waals surface area (Å²) in [4.78, 5) is 0. The molecule has 0 radical (unpaired) electrons. The van der Waals surface area contributed by atoms with E-state index >= 15 is 0 Å². The molecule has 114 valence electrons. The number of rotatable bonds is 5. The van der Waals surface area contributed by atoms with Gasteiger partial charge in [-0.1, -0.05) is 30.3 Å². The summed E-state index contributed by atoms with van der Waals surface area (Å²) < 4.78 is 25.8. The SMILES string of the molecule is O=S(=O)(/C=C/c1ccccc1)N1CC(Nc2cccnn2)C1. The fourth-order valence-electron chi connectivity index (χ4n) is 2.14. The third-order valence-electron chi connectivity index (χ3n) is 3.36. The summed E-state index contributed by atoms with van der Waals surface area (Å²) in [5.74, 6) is 0.657. The van der Waals surface area contributed by atoms with Crippen molar-refractivity contribution in [2.45, 2.75) is 6.04 Å². The quantitative estimate of drug-likeness (QED) is 0.906. The van der Waals surface area contributed by atoms with E-state index in [1.165, 1.54) is 9.71 Å². The molecule has 1 aromatic carbocycles. The zero-order valence-electron chi connectivity index (χ0n) is 11.8. The van der Waals surface area contributed by atoms with Crippen LogP contribution in [0.5, 0.6) is 0 Å². The van der Waals surface area contributed by atoms with Crippen molar-refractivity contribution >= 4 is 21.9 Å². The zero-order valence-corrected chi connectivity index (χ0v) is 12.6. The predicted octanol–water partition coefficient (Wildman–Crippen LogP) is 1.57. The first kappa shape index (κ1) is 14.7. The summed E-state index contributed by atoms with van der Waals surface area (Å²) in [5.41, 5.74) is 0.862. The highest BCUT2D eigenvalue weighted by atomic mass is 32.2. The molecule has 2 aromatic rings. The smallest absolute Gasteiger partial charge is 0.236 e. The molecular formula is C15H16N4O2S. The van der Waals surface area contributed by atoms with E-state index in [-0.39, 0.29) is 6.04 Å². The van der Waals surface area contributed by atoms with Crippen molar-refractivity contribution in [1.82, 2.24) is 14.5 Å². The van der Waals surface area contributed by atoms with Gasteiger partial charge >= 0.3 is 0 Å². The first-order chi connectivity index (χ1) is 10.6. The second-order valence-electron chi connectivity index (χ2n) is 5.03. The van der Waals surface area contributed by atoms with Crippen LogP contribution in [0.4, 0.5) is 5.82 Å². The Labute approximate surface area is 129 Å². The number of hydrogen-bond donors (Lipinski definition) is 1. The molecule has 0 bridgehead atoms. The van der Waals surface area contributed by atoms with E-state index in [0.29, 0.717) is 18.9 Å². The Morgan fingerprint density at radius 2 is 1.91 bits per heavy atom. The first-order valence-corrected chi connectivity index (χ1v) is 8.41. The van der Waals surface area contributed by atoms with Crippen molar-refractivity contribution in [3.63, 3.8) is 0 Å². The molecule has 1 fully saturated rings. The Morgan fingerprint density at radius 1 is 1.14 bits per heavy atom. The maximum atomic E-state index is 12.2. The van der Waals surface area contributed by atoms with Gasteiger partial charge in [0.25, 0.3) is 0 Å². The lowest BCUT2D eigenvalue weighted by atomic mass is 10.2. The van der Waals surface area contributed by atoms with Gasteiger partial charge in [-0.15, -0.1) is 5.10 Å². The summed E-state index contributed by atoms with van der Waals surface area (Å²) in [7, 11) is -3.37. The molecule has 22 heavy (non-hydrogen) atoms. The van der Waals surface area contributed by atoms with Crippen LogP contribution in [0, 0.1) is 0 Å². The van der Waals surface area contributed by atoms with Gasteiger partial charge in [-0.05, 0) is 23.8 Å². The molecular weight excluding hydrogens is 300 g/mol. The van der Waals surface area contributed by atoms with Gasteiger partial charge in [0.1, 0.15) is 5.82 Å². The van der Waals surface area contributed by atoms with Crippen molar-refractivity contribution in [3.8, 4) is 0 Å². The average molecular weight is 316 g/mol. The maximum absolute atomic E-state index is 12.2. The van der Waals surface area contributed by atoms with Gasteiger partial charge in [-0.25, -0.2) is 8.42 Å². The Kier molecular flexibility index (Phi) is 4.17. The van der Waals surface area contributed by atoms with Crippen LogP contribution in [0.3, 0.4) is 0 Å². The van der Waals surface area contributed by atoms with Crippen LogP contribution in [0.15, 0.2) is 54.1 Å². The van der Waals surface area contributed by atoms with Gasteiger partial charge in [-0.3, -0.25) is 0 Å². The summed E-state index contributed by atoms with van der Waals surface area (Å²) in [6.45, 7) is 0.857. The van der Waals surface area contributed by atoms with Crippen LogP contribution in [-0.4, -0.2) is 42.1 Å². The number of aromatic nitrogens is 2. The van der Waals surface area contributed by atoms with Crippen LogP contribution in [0.2, 0.25) is 0 Å². The van der Waals surface area contributed by atoms with Crippen molar-refractivity contribution in [3.05, 3.63) is 59.6 Å². The Hall–Kier alpha value is -2.25. The Bertz CT molecular complexity index is 742. The highest BCUT2D eigenvalue weighted by Crippen LogP contribution is 2.18. The van der Waals surface area contributed by atoms with E-state index in [9.17, 15) is 8.42 Å². The molecule has 0 atom stereocenters. The van der Waals surface area contributed by atoms with E-state index in [0.717, 1.165) is 5.56 Å². The highest BCUT2D eigenvalue weighted by Gasteiger charge is 2.34. The number of anilines is 1. The molecule has 2 heterocycles. The summed E-state index contributed by atoms with van der Waals surface area (Å²) >= 11 is 0. The minimum atomic E-state index is -3.37. The van der Waals surface area contributed by atoms with Gasteiger partial charge in [0.15, 0.2) is 0 Å². The summed E-state index contributed by atoms with van der Waals surface area (Å²) in [5, 5.41) is 12.1. The van der Waals surface area contributed by atoms with Crippen molar-refractivity contribution < 1.29 is 8.42 Å². The lowest BCUT2D eigenvalue weighted by molar-refractivity contribution is 0.283. The Morgan fingerprint density at radius 3 is 2.59 bits per heavy atom. The van der Waals surface area contributed by atoms with Gasteiger partial charge in [0.2, 0.25) is 10.0 Å². The molecule has 0 aliphatic carbocycles. The third kappa shape index (κ3) is 3.49. The van der Waals surface area contributed by atoms with Crippen molar-refractivity contribution in [2.75, 3.05) is 18.4 Å². The van der Waals surface area contributed by atoms with Gasteiger partial charge in [0, 0.05) is 24.7 Å². The minimum absolute atomic E-state index is 0.0663. The molecule has 0 saturated carbocycles. The standard InChI is InChI=1S/C15H16N4O2S/c20-22(21,10-8-13-5-2-1-3-6-13)19-11-14(12-19)17-15-7-4-9-16-18-15/h1-10,14H,11-12H2,(H,17,18)/b10-8+. The molecule has 0 unspecified atom stereocenters. The topological polar surface area (TPSA) is 75.2 Å². The molecule has 1 aliphatic heterocycles. The average Bonchev–Trinajstić information content (AvgIpc) is 2.50. The van der Waals surface area contributed by atoms with Crippen LogP contribution < -0.4 is 5.32 Å². The maximum Gasteiger partial charge on any atom is 0.236 e. The fraction of sp³-hybridized carbons (Fsp3) is 0.200. The van der Waals surface area contributed by atoms with E-state index in [1.54, 1.807) is 24.4 Å². The van der Waals surface area contributed by atoms with E-state index in [4.69, 9.17) is 0 Å². The molecule has 1 N–H and O–H groups in total. The van der Waals surface area contributed by atoms with Crippen LogP contribution in [-0.2, 0) is 10.0 Å².